The van der Waals surface area contributed by atoms with E-state index in [1.165, 1.54) is 12.3 Å². The van der Waals surface area contributed by atoms with Gasteiger partial charge in [-0.2, -0.15) is 0 Å². The van der Waals surface area contributed by atoms with E-state index < -0.39 is 16.8 Å². The molecule has 1 aromatic rings. The molecule has 0 fully saturated rings. The Kier molecular flexibility index (Phi) is 5.68. The maximum atomic E-state index is 11.0. The van der Waals surface area contributed by atoms with E-state index in [9.17, 15) is 14.9 Å². The Balaban J connectivity index is 2.82. The van der Waals surface area contributed by atoms with Crippen LogP contribution in [0.25, 0.3) is 0 Å². The van der Waals surface area contributed by atoms with Gasteiger partial charge in [0.2, 0.25) is 5.82 Å². The van der Waals surface area contributed by atoms with Gasteiger partial charge < -0.3 is 10.4 Å². The summed E-state index contributed by atoms with van der Waals surface area (Å²) in [6.07, 6.45) is 2.66. The minimum atomic E-state index is -0.922. The fourth-order valence-corrected chi connectivity index (χ4v) is 1.90. The molecule has 8 heteroatoms. The molecule has 19 heavy (non-hydrogen) atoms. The van der Waals surface area contributed by atoms with Gasteiger partial charge in [0.1, 0.15) is 0 Å². The first-order valence-electron chi connectivity index (χ1n) is 5.72. The second kappa shape index (κ2) is 7.03. The lowest BCUT2D eigenvalue weighted by atomic mass is 10.0. The van der Waals surface area contributed by atoms with Crippen LogP contribution in [0.5, 0.6) is 0 Å². The maximum absolute atomic E-state index is 11.0. The number of nitro groups is 1. The third-order valence-electron chi connectivity index (χ3n) is 2.53. The summed E-state index contributed by atoms with van der Waals surface area (Å²) < 4.78 is 0.494. The lowest BCUT2D eigenvalue weighted by Gasteiger charge is -2.12. The van der Waals surface area contributed by atoms with Crippen LogP contribution in [-0.2, 0) is 4.79 Å². The lowest BCUT2D eigenvalue weighted by Crippen LogP contribution is -2.23. The van der Waals surface area contributed by atoms with Crippen LogP contribution in [0.3, 0.4) is 0 Å². The molecule has 104 valence electrons. The summed E-state index contributed by atoms with van der Waals surface area (Å²) >= 11 is 3.10. The van der Waals surface area contributed by atoms with E-state index in [4.69, 9.17) is 5.11 Å². The minimum Gasteiger partial charge on any atom is -0.481 e. The van der Waals surface area contributed by atoms with E-state index in [0.717, 1.165) is 6.42 Å². The highest BCUT2D eigenvalue weighted by Gasteiger charge is 2.20. The largest absolute Gasteiger partial charge is 0.481 e. The highest BCUT2D eigenvalue weighted by atomic mass is 79.9. The van der Waals surface area contributed by atoms with E-state index in [0.29, 0.717) is 10.9 Å². The molecule has 0 aliphatic rings. The number of rotatable bonds is 7. The van der Waals surface area contributed by atoms with Crippen molar-refractivity contribution < 1.29 is 14.8 Å². The molecule has 1 heterocycles. The Morgan fingerprint density at radius 1 is 1.68 bits per heavy atom. The van der Waals surface area contributed by atoms with E-state index >= 15 is 0 Å². The third-order valence-corrected chi connectivity index (χ3v) is 2.97. The predicted molar refractivity (Wildman–Crippen MR) is 73.1 cm³/mol. The molecule has 1 unspecified atom stereocenters. The molecule has 0 amide bonds. The lowest BCUT2D eigenvalue weighted by molar-refractivity contribution is -0.384. The van der Waals surface area contributed by atoms with Gasteiger partial charge in [0.05, 0.1) is 10.8 Å². The van der Waals surface area contributed by atoms with E-state index in [2.05, 4.69) is 26.2 Å². The van der Waals surface area contributed by atoms with Crippen LogP contribution < -0.4 is 5.32 Å². The van der Waals surface area contributed by atoms with Crippen LogP contribution in [-0.4, -0.2) is 27.5 Å². The molecule has 0 bridgehead atoms. The monoisotopic (exact) mass is 331 g/mol. The summed E-state index contributed by atoms with van der Waals surface area (Å²) in [5, 5.41) is 22.6. The SMILES string of the molecule is CCCC(CNc1ncc(Br)cc1[N+](=O)[O-])C(=O)O. The zero-order chi connectivity index (χ0) is 14.4. The molecule has 0 aliphatic carbocycles. The van der Waals surface area contributed by atoms with Gasteiger partial charge in [-0.1, -0.05) is 13.3 Å². The number of carboxylic acids is 1. The summed E-state index contributed by atoms with van der Waals surface area (Å²) in [5.74, 6) is -1.43. The van der Waals surface area contributed by atoms with Gasteiger partial charge in [-0.3, -0.25) is 14.9 Å². The van der Waals surface area contributed by atoms with E-state index in [1.807, 2.05) is 6.92 Å². The predicted octanol–water partition coefficient (Wildman–Crippen LogP) is 2.67. The molecular weight excluding hydrogens is 318 g/mol. The molecule has 0 radical (unpaired) electrons. The van der Waals surface area contributed by atoms with Crippen molar-refractivity contribution in [3.63, 3.8) is 0 Å². The first-order chi connectivity index (χ1) is 8.95. The van der Waals surface area contributed by atoms with Crippen molar-refractivity contribution in [1.29, 1.82) is 0 Å². The molecule has 7 nitrogen and oxygen atoms in total. The average molecular weight is 332 g/mol. The van der Waals surface area contributed by atoms with Crippen molar-refractivity contribution in [1.82, 2.24) is 4.98 Å². The molecule has 1 atom stereocenters. The number of nitrogens with zero attached hydrogens (tertiary/aromatic N) is 2. The van der Waals surface area contributed by atoms with Crippen molar-refractivity contribution in [2.24, 2.45) is 5.92 Å². The summed E-state index contributed by atoms with van der Waals surface area (Å²) in [6.45, 7) is 1.99. The third kappa shape index (κ3) is 4.47. The van der Waals surface area contributed by atoms with Gasteiger partial charge in [0, 0.05) is 23.3 Å². The smallest absolute Gasteiger partial charge is 0.312 e. The van der Waals surface area contributed by atoms with Crippen LogP contribution in [0.15, 0.2) is 16.7 Å². The number of nitrogens with one attached hydrogen (secondary N) is 1. The molecule has 1 rings (SSSR count). The fourth-order valence-electron chi connectivity index (χ4n) is 1.59. The molecule has 0 spiro atoms. The average Bonchev–Trinajstić information content (AvgIpc) is 2.35. The highest BCUT2D eigenvalue weighted by Crippen LogP contribution is 2.25. The Morgan fingerprint density at radius 2 is 2.37 bits per heavy atom. The van der Waals surface area contributed by atoms with Gasteiger partial charge in [0.25, 0.3) is 0 Å². The van der Waals surface area contributed by atoms with Gasteiger partial charge in [-0.25, -0.2) is 4.98 Å². The molecule has 0 aliphatic heterocycles. The Bertz CT molecular complexity index is 481. The number of carboxylic acid groups (broad SMARTS) is 1. The zero-order valence-corrected chi connectivity index (χ0v) is 11.9. The van der Waals surface area contributed by atoms with Crippen molar-refractivity contribution >= 4 is 33.4 Å². The number of hydrogen-bond donors (Lipinski definition) is 2. The second-order valence-electron chi connectivity index (χ2n) is 3.98. The van der Waals surface area contributed by atoms with Crippen molar-refractivity contribution in [2.75, 3.05) is 11.9 Å². The number of halogens is 1. The quantitative estimate of drug-likeness (QED) is 0.587. The van der Waals surface area contributed by atoms with Crippen molar-refractivity contribution in [3.8, 4) is 0 Å². The van der Waals surface area contributed by atoms with Crippen LogP contribution in [0.2, 0.25) is 0 Å². The van der Waals surface area contributed by atoms with Crippen LogP contribution >= 0.6 is 15.9 Å². The number of aromatic nitrogens is 1. The standard InChI is InChI=1S/C11H14BrN3O4/c1-2-3-7(11(16)17)5-13-10-9(15(18)19)4-8(12)6-14-10/h4,6-7H,2-3,5H2,1H3,(H,13,14)(H,16,17). The highest BCUT2D eigenvalue weighted by molar-refractivity contribution is 9.10. The Labute approximate surface area is 118 Å². The summed E-state index contributed by atoms with van der Waals surface area (Å²) in [6, 6.07) is 1.32. The molecular formula is C11H14BrN3O4. The van der Waals surface area contributed by atoms with Gasteiger partial charge in [-0.15, -0.1) is 0 Å². The van der Waals surface area contributed by atoms with Gasteiger partial charge in [-0.05, 0) is 22.4 Å². The van der Waals surface area contributed by atoms with Crippen molar-refractivity contribution in [3.05, 3.63) is 26.9 Å². The number of hydrogen-bond acceptors (Lipinski definition) is 5. The maximum Gasteiger partial charge on any atom is 0.312 e. The van der Waals surface area contributed by atoms with Gasteiger partial charge >= 0.3 is 11.7 Å². The van der Waals surface area contributed by atoms with Crippen LogP contribution in [0.1, 0.15) is 19.8 Å². The minimum absolute atomic E-state index is 0.0792. The number of aliphatic carboxylic acids is 1. The number of carbonyl (C=O) groups is 1. The van der Waals surface area contributed by atoms with Crippen LogP contribution in [0.4, 0.5) is 11.5 Å². The molecule has 0 saturated heterocycles. The van der Waals surface area contributed by atoms with Gasteiger partial charge in [0.15, 0.2) is 0 Å². The zero-order valence-electron chi connectivity index (χ0n) is 10.3. The van der Waals surface area contributed by atoms with Crippen molar-refractivity contribution in [2.45, 2.75) is 19.8 Å². The first-order valence-corrected chi connectivity index (χ1v) is 6.51. The Hall–Kier alpha value is -1.70. The number of anilines is 1. The first kappa shape index (κ1) is 15.4. The van der Waals surface area contributed by atoms with Crippen LogP contribution in [0, 0.1) is 16.0 Å². The molecule has 0 aromatic carbocycles. The number of pyridine rings is 1. The fraction of sp³-hybridized carbons (Fsp3) is 0.455. The molecule has 0 saturated carbocycles. The normalized spacial score (nSPS) is 11.9. The second-order valence-corrected chi connectivity index (χ2v) is 4.90. The topological polar surface area (TPSA) is 105 Å². The summed E-state index contributed by atoms with van der Waals surface area (Å²) in [7, 11) is 0. The summed E-state index contributed by atoms with van der Waals surface area (Å²) in [5.41, 5.74) is -0.185. The van der Waals surface area contributed by atoms with E-state index in [-0.39, 0.29) is 18.1 Å². The van der Waals surface area contributed by atoms with E-state index in [1.54, 1.807) is 0 Å². The molecule has 1 aromatic heterocycles. The molecule has 2 N–H and O–H groups in total. The Morgan fingerprint density at radius 3 is 2.89 bits per heavy atom. The summed E-state index contributed by atoms with van der Waals surface area (Å²) in [4.78, 5) is 25.2.